The molecule has 0 aliphatic rings. The molecule has 72 heavy (non-hydrogen) atoms. The van der Waals surface area contributed by atoms with E-state index in [9.17, 15) is 19.2 Å². The van der Waals surface area contributed by atoms with Gasteiger partial charge in [0.05, 0.1) is 49.8 Å². The predicted molar refractivity (Wildman–Crippen MR) is 303 cm³/mol. The smallest absolute Gasteiger partial charge is 0.185 e. The molecule has 0 aromatic carbocycles. The number of hydrogen-bond donors (Lipinski definition) is 15. The van der Waals surface area contributed by atoms with Crippen molar-refractivity contribution in [3.05, 3.63) is 0 Å². The van der Waals surface area contributed by atoms with Gasteiger partial charge in [-0.05, 0) is 138 Å². The number of nitrogens with one attached hydrogen (secondary N) is 2. The Morgan fingerprint density at radius 2 is 0.750 bits per heavy atom. The van der Waals surface area contributed by atoms with Gasteiger partial charge < -0.3 is 89.4 Å². The molecule has 0 aromatic heterocycles. The van der Waals surface area contributed by atoms with E-state index in [-0.39, 0.29) is 65.1 Å². The number of hydrogen-bond acceptors (Lipinski definition) is 18. The standard InChI is InChI=1S/2C7H16N4O.C7H15N3.2C7H16N2O.C7H17NO2.C7H17N/c2*1-5(12)6(8)3-2-4-11-7(9)10;1-6(8)4-2-3-5-7(9)10;2*1-6(10)7(9)4-2-3-5-8;1-2-4-9-6-7-10-5-3-8;1-2-3-4-5-6-7-8/h2*6H,2-4,8H2,1H3,(H4,9,10,11);8H,2-5H2,1H3,(H3,9,10);2*7H,2-5,8-9H2,1H3;2-8H2,1H3;2-8H2,1H3/t2*6-;;2*7-;;/m10.10../s1. The van der Waals surface area contributed by atoms with Gasteiger partial charge in [0.1, 0.15) is 23.1 Å². The van der Waals surface area contributed by atoms with Crippen LogP contribution < -0.4 is 74.5 Å². The van der Waals surface area contributed by atoms with Crippen molar-refractivity contribution in [3.63, 3.8) is 0 Å². The molecule has 0 radical (unpaired) electrons. The molecular formula is C49H113N17O6. The minimum atomic E-state index is -0.376. The van der Waals surface area contributed by atoms with Gasteiger partial charge in [0.2, 0.25) is 0 Å². The summed E-state index contributed by atoms with van der Waals surface area (Å²) in [6, 6.07) is -1.29. The number of Topliss-reactive ketones (excluding diaryl/α,β-unsaturated/α-hetero) is 4. The molecule has 0 bridgehead atoms. The fourth-order valence-corrected chi connectivity index (χ4v) is 4.87. The molecular weight excluding hydrogens is 923 g/mol. The number of rotatable bonds is 37. The van der Waals surface area contributed by atoms with Crippen molar-refractivity contribution < 1.29 is 28.7 Å². The van der Waals surface area contributed by atoms with Crippen molar-refractivity contribution in [1.29, 1.82) is 10.8 Å². The van der Waals surface area contributed by atoms with Crippen LogP contribution in [0.25, 0.3) is 0 Å². The van der Waals surface area contributed by atoms with Crippen molar-refractivity contribution in [2.75, 3.05) is 65.7 Å². The van der Waals surface area contributed by atoms with Gasteiger partial charge in [0, 0.05) is 38.4 Å². The summed E-state index contributed by atoms with van der Waals surface area (Å²) in [6.07, 6.45) is 19.2. The number of carbonyl (C=O) groups is 4. The van der Waals surface area contributed by atoms with Crippen molar-refractivity contribution in [3.8, 4) is 0 Å². The number of amidine groups is 1. The summed E-state index contributed by atoms with van der Waals surface area (Å²) in [7, 11) is 0. The molecule has 0 saturated heterocycles. The molecule has 0 aromatic rings. The Kier molecular flexibility index (Phi) is 76.3. The largest absolute Gasteiger partial charge is 0.388 e. The fourth-order valence-electron chi connectivity index (χ4n) is 4.87. The fraction of sp³-hybridized carbons (Fsp3) is 0.837. The highest BCUT2D eigenvalue weighted by molar-refractivity contribution is 5.82. The number of aliphatic imine (C=N–C) groups is 2. The van der Waals surface area contributed by atoms with Gasteiger partial charge in [-0.3, -0.25) is 34.6 Å². The second-order valence-corrected chi connectivity index (χ2v) is 17.1. The van der Waals surface area contributed by atoms with Crippen molar-refractivity contribution in [1.82, 2.24) is 0 Å². The molecule has 430 valence electrons. The zero-order valence-electron chi connectivity index (χ0n) is 46.4. The summed E-state index contributed by atoms with van der Waals surface area (Å²) in [5, 5.41) is 14.0. The SMILES string of the molecule is CC(=N)CCCCC(=N)N.CC(=O)[C@@H](N)CCCCN.CC(=O)[C@@H](N)CCCN=C(N)N.CC(=O)[C@H](N)CCCCN.CC(=O)[C@H](N)CCCN=C(N)N.CCCCCCCN.CCCOCCOCCN. The minimum Gasteiger partial charge on any atom is -0.388 e. The lowest BCUT2D eigenvalue weighted by molar-refractivity contribution is -0.119. The molecule has 23 heteroatoms. The lowest BCUT2D eigenvalue weighted by Gasteiger charge is -2.05. The van der Waals surface area contributed by atoms with E-state index in [2.05, 4.69) is 23.8 Å². The molecule has 0 aliphatic heterocycles. The normalized spacial score (nSPS) is 11.5. The first kappa shape index (κ1) is 82.0. The molecule has 23 nitrogen and oxygen atoms in total. The van der Waals surface area contributed by atoms with Crippen LogP contribution in [0.4, 0.5) is 0 Å². The third-order valence-corrected chi connectivity index (χ3v) is 9.50. The monoisotopic (exact) mass is 1040 g/mol. The summed E-state index contributed by atoms with van der Waals surface area (Å²) in [6.45, 7) is 18.8. The summed E-state index contributed by atoms with van der Waals surface area (Å²) in [4.78, 5) is 50.0. The van der Waals surface area contributed by atoms with Crippen LogP contribution in [0.15, 0.2) is 9.98 Å². The van der Waals surface area contributed by atoms with Gasteiger partial charge in [0.15, 0.2) is 11.9 Å². The van der Waals surface area contributed by atoms with E-state index in [1.807, 2.05) is 0 Å². The molecule has 0 saturated carbocycles. The van der Waals surface area contributed by atoms with E-state index >= 15 is 0 Å². The van der Waals surface area contributed by atoms with Crippen LogP contribution in [0, 0.1) is 10.8 Å². The first-order chi connectivity index (χ1) is 33.9. The highest BCUT2D eigenvalue weighted by Crippen LogP contribution is 2.02. The van der Waals surface area contributed by atoms with E-state index in [1.165, 1.54) is 59.8 Å². The Balaban J connectivity index is -0.000000137. The van der Waals surface area contributed by atoms with Crippen LogP contribution in [0.1, 0.15) is 177 Å². The molecule has 0 heterocycles. The Hall–Kier alpha value is -4.04. The van der Waals surface area contributed by atoms with Gasteiger partial charge in [-0.1, -0.05) is 52.4 Å². The molecule has 4 atom stereocenters. The highest BCUT2D eigenvalue weighted by atomic mass is 16.5. The first-order valence-corrected chi connectivity index (χ1v) is 25.9. The van der Waals surface area contributed by atoms with E-state index in [0.29, 0.717) is 77.5 Å². The number of ether oxygens (including phenoxy) is 2. The highest BCUT2D eigenvalue weighted by Gasteiger charge is 2.08. The van der Waals surface area contributed by atoms with E-state index in [4.69, 9.17) is 94.8 Å². The maximum absolute atomic E-state index is 10.7. The molecule has 0 aliphatic carbocycles. The van der Waals surface area contributed by atoms with Crippen LogP contribution in [0.3, 0.4) is 0 Å². The molecule has 0 rings (SSSR count). The number of ketones is 4. The van der Waals surface area contributed by atoms with Crippen LogP contribution >= 0.6 is 0 Å². The average Bonchev–Trinajstić information content (AvgIpc) is 3.31. The van der Waals surface area contributed by atoms with E-state index in [1.54, 1.807) is 6.92 Å². The molecule has 0 spiro atoms. The maximum atomic E-state index is 10.7. The van der Waals surface area contributed by atoms with Gasteiger partial charge in [-0.2, -0.15) is 0 Å². The Morgan fingerprint density at radius 1 is 0.417 bits per heavy atom. The molecule has 28 N–H and O–H groups in total. The average molecular weight is 1040 g/mol. The van der Waals surface area contributed by atoms with Crippen LogP contribution in [-0.4, -0.2) is 136 Å². The van der Waals surface area contributed by atoms with E-state index in [0.717, 1.165) is 90.2 Å². The van der Waals surface area contributed by atoms with Crippen LogP contribution in [-0.2, 0) is 28.7 Å². The number of nitrogens with zero attached hydrogens (tertiary/aromatic N) is 2. The molecule has 0 unspecified atom stereocenters. The Morgan fingerprint density at radius 3 is 1.04 bits per heavy atom. The summed E-state index contributed by atoms with van der Waals surface area (Å²) >= 11 is 0. The van der Waals surface area contributed by atoms with Crippen molar-refractivity contribution >= 4 is 46.6 Å². The predicted octanol–water partition coefficient (Wildman–Crippen LogP) is 1.80. The lowest BCUT2D eigenvalue weighted by Crippen LogP contribution is -2.28. The lowest BCUT2D eigenvalue weighted by atomic mass is 10.1. The third kappa shape index (κ3) is 92.1. The van der Waals surface area contributed by atoms with Crippen LogP contribution in [0.5, 0.6) is 0 Å². The summed E-state index contributed by atoms with van der Waals surface area (Å²) < 4.78 is 10.2. The number of guanidine groups is 2. The second-order valence-electron chi connectivity index (χ2n) is 17.1. The molecule has 0 amide bonds. The topological polar surface area (TPSA) is 497 Å². The van der Waals surface area contributed by atoms with Gasteiger partial charge in [-0.15, -0.1) is 0 Å². The number of nitrogens with two attached hydrogens (primary N) is 13. The van der Waals surface area contributed by atoms with Gasteiger partial charge in [-0.25, -0.2) is 0 Å². The number of unbranched alkanes of at least 4 members (excludes halogenated alkanes) is 7. The first-order valence-electron chi connectivity index (χ1n) is 25.9. The second kappa shape index (κ2) is 67.0. The molecule has 0 fully saturated rings. The van der Waals surface area contributed by atoms with Crippen molar-refractivity contribution in [2.24, 2.45) is 84.5 Å². The van der Waals surface area contributed by atoms with Gasteiger partial charge in [0.25, 0.3) is 0 Å². The zero-order chi connectivity index (χ0) is 57.0. The zero-order valence-corrected chi connectivity index (χ0v) is 46.4. The Labute approximate surface area is 436 Å². The number of carbonyl (C=O) groups excluding carboxylic acids is 4. The maximum Gasteiger partial charge on any atom is 0.185 e. The van der Waals surface area contributed by atoms with E-state index < -0.39 is 0 Å². The van der Waals surface area contributed by atoms with Gasteiger partial charge >= 0.3 is 0 Å². The quantitative estimate of drug-likeness (QED) is 0.0240. The third-order valence-electron chi connectivity index (χ3n) is 9.50. The van der Waals surface area contributed by atoms with Crippen LogP contribution in [0.2, 0.25) is 0 Å². The summed E-state index contributed by atoms with van der Waals surface area (Å²) in [5.41, 5.74) is 69.2. The summed E-state index contributed by atoms with van der Waals surface area (Å²) in [5.74, 6) is 0.536. The Bertz CT molecular complexity index is 1210. The van der Waals surface area contributed by atoms with Crippen molar-refractivity contribution in [2.45, 2.75) is 201 Å². The minimum absolute atomic E-state index is 0.000278.